The fraction of sp³-hybridized carbons (Fsp3) is 0.294. The van der Waals surface area contributed by atoms with Gasteiger partial charge < -0.3 is 14.4 Å². The molecular formula is C17H20N2O3. The van der Waals surface area contributed by atoms with Crippen molar-refractivity contribution in [2.75, 3.05) is 20.8 Å². The number of ether oxygens (including phenoxy) is 2. The maximum atomic E-state index is 12.5. The Kier molecular flexibility index (Phi) is 5.36. The van der Waals surface area contributed by atoms with Crippen LogP contribution < -0.4 is 9.47 Å². The molecule has 0 N–H and O–H groups in total. The molecule has 0 unspecified atom stereocenters. The number of amides is 1. The molecule has 0 spiro atoms. The molecule has 1 heterocycles. The molecule has 0 saturated heterocycles. The Morgan fingerprint density at radius 2 is 1.95 bits per heavy atom. The number of hydrogen-bond donors (Lipinski definition) is 0. The molecule has 2 rings (SSSR count). The lowest BCUT2D eigenvalue weighted by Crippen LogP contribution is -2.30. The van der Waals surface area contributed by atoms with Gasteiger partial charge >= 0.3 is 0 Å². The SMILES string of the molecule is CCN(Cc1ccc(OC)c(OC)c1)C(=O)c1cccnc1. The van der Waals surface area contributed by atoms with Crippen molar-refractivity contribution in [2.24, 2.45) is 0 Å². The van der Waals surface area contributed by atoms with Gasteiger partial charge in [-0.25, -0.2) is 0 Å². The van der Waals surface area contributed by atoms with Crippen LogP contribution in [-0.4, -0.2) is 36.6 Å². The topological polar surface area (TPSA) is 51.7 Å². The predicted octanol–water partition coefficient (Wildman–Crippen LogP) is 2.76. The molecule has 0 saturated carbocycles. The van der Waals surface area contributed by atoms with Gasteiger partial charge in [0.1, 0.15) is 0 Å². The van der Waals surface area contributed by atoms with Crippen molar-refractivity contribution in [3.8, 4) is 11.5 Å². The van der Waals surface area contributed by atoms with E-state index in [4.69, 9.17) is 9.47 Å². The lowest BCUT2D eigenvalue weighted by molar-refractivity contribution is 0.0752. The highest BCUT2D eigenvalue weighted by atomic mass is 16.5. The summed E-state index contributed by atoms with van der Waals surface area (Å²) in [5.74, 6) is 1.29. The van der Waals surface area contributed by atoms with Crippen LogP contribution in [-0.2, 0) is 6.54 Å². The third-order valence-corrected chi connectivity index (χ3v) is 3.40. The Bertz CT molecular complexity index is 629. The molecule has 0 bridgehead atoms. The highest BCUT2D eigenvalue weighted by molar-refractivity contribution is 5.93. The van der Waals surface area contributed by atoms with Crippen molar-refractivity contribution >= 4 is 5.91 Å². The van der Waals surface area contributed by atoms with E-state index in [0.29, 0.717) is 30.2 Å². The van der Waals surface area contributed by atoms with Gasteiger partial charge in [0.15, 0.2) is 11.5 Å². The molecule has 5 nitrogen and oxygen atoms in total. The average molecular weight is 300 g/mol. The van der Waals surface area contributed by atoms with Crippen LogP contribution in [0.4, 0.5) is 0 Å². The first-order valence-corrected chi connectivity index (χ1v) is 7.09. The molecule has 0 radical (unpaired) electrons. The quantitative estimate of drug-likeness (QED) is 0.823. The minimum atomic E-state index is -0.0367. The van der Waals surface area contributed by atoms with E-state index in [1.807, 2.05) is 25.1 Å². The van der Waals surface area contributed by atoms with Gasteiger partial charge in [-0.05, 0) is 36.8 Å². The number of methoxy groups -OCH3 is 2. The maximum Gasteiger partial charge on any atom is 0.255 e. The van der Waals surface area contributed by atoms with Gasteiger partial charge in [0.2, 0.25) is 0 Å². The Morgan fingerprint density at radius 3 is 2.55 bits per heavy atom. The van der Waals surface area contributed by atoms with Gasteiger partial charge in [-0.15, -0.1) is 0 Å². The summed E-state index contributed by atoms with van der Waals surface area (Å²) in [4.78, 5) is 18.2. The number of nitrogens with zero attached hydrogens (tertiary/aromatic N) is 2. The Morgan fingerprint density at radius 1 is 1.18 bits per heavy atom. The number of benzene rings is 1. The van der Waals surface area contributed by atoms with Crippen molar-refractivity contribution in [1.82, 2.24) is 9.88 Å². The summed E-state index contributed by atoms with van der Waals surface area (Å²) in [7, 11) is 3.20. The smallest absolute Gasteiger partial charge is 0.255 e. The van der Waals surface area contributed by atoms with E-state index in [2.05, 4.69) is 4.98 Å². The van der Waals surface area contributed by atoms with Gasteiger partial charge in [-0.1, -0.05) is 6.07 Å². The highest BCUT2D eigenvalue weighted by Gasteiger charge is 2.15. The summed E-state index contributed by atoms with van der Waals surface area (Å²) in [5, 5.41) is 0. The van der Waals surface area contributed by atoms with Crippen molar-refractivity contribution in [2.45, 2.75) is 13.5 Å². The second kappa shape index (κ2) is 7.45. The first-order valence-electron chi connectivity index (χ1n) is 7.09. The van der Waals surface area contributed by atoms with E-state index in [9.17, 15) is 4.79 Å². The van der Waals surface area contributed by atoms with Crippen LogP contribution in [0.2, 0.25) is 0 Å². The third-order valence-electron chi connectivity index (χ3n) is 3.40. The zero-order valence-corrected chi connectivity index (χ0v) is 13.1. The zero-order chi connectivity index (χ0) is 15.9. The molecule has 1 aromatic carbocycles. The van der Waals surface area contributed by atoms with E-state index in [-0.39, 0.29) is 5.91 Å². The van der Waals surface area contributed by atoms with E-state index in [1.165, 1.54) is 0 Å². The monoisotopic (exact) mass is 300 g/mol. The molecule has 5 heteroatoms. The van der Waals surface area contributed by atoms with Crippen molar-refractivity contribution < 1.29 is 14.3 Å². The van der Waals surface area contributed by atoms with Gasteiger partial charge in [0.25, 0.3) is 5.91 Å². The first-order chi connectivity index (χ1) is 10.7. The number of pyridine rings is 1. The largest absolute Gasteiger partial charge is 0.493 e. The van der Waals surface area contributed by atoms with Crippen LogP contribution >= 0.6 is 0 Å². The average Bonchev–Trinajstić information content (AvgIpc) is 2.59. The Balaban J connectivity index is 2.18. The van der Waals surface area contributed by atoms with E-state index < -0.39 is 0 Å². The molecule has 0 aliphatic rings. The van der Waals surface area contributed by atoms with Crippen LogP contribution in [0.3, 0.4) is 0 Å². The van der Waals surface area contributed by atoms with Crippen LogP contribution in [0.25, 0.3) is 0 Å². The summed E-state index contributed by atoms with van der Waals surface area (Å²) in [5.41, 5.74) is 1.57. The highest BCUT2D eigenvalue weighted by Crippen LogP contribution is 2.28. The summed E-state index contributed by atoms with van der Waals surface area (Å²) >= 11 is 0. The Hall–Kier alpha value is -2.56. The number of carbonyl (C=O) groups is 1. The van der Waals surface area contributed by atoms with Crippen molar-refractivity contribution in [3.05, 3.63) is 53.9 Å². The van der Waals surface area contributed by atoms with Crippen molar-refractivity contribution in [3.63, 3.8) is 0 Å². The first kappa shape index (κ1) is 15.8. The number of aromatic nitrogens is 1. The maximum absolute atomic E-state index is 12.5. The number of hydrogen-bond acceptors (Lipinski definition) is 4. The summed E-state index contributed by atoms with van der Waals surface area (Å²) in [6.45, 7) is 3.07. The minimum absolute atomic E-state index is 0.0367. The van der Waals surface area contributed by atoms with E-state index in [0.717, 1.165) is 5.56 Å². The van der Waals surface area contributed by atoms with Crippen molar-refractivity contribution in [1.29, 1.82) is 0 Å². The standard InChI is InChI=1S/C17H20N2O3/c1-4-19(17(20)14-6-5-9-18-11-14)12-13-7-8-15(21-2)16(10-13)22-3/h5-11H,4,12H2,1-3H3. The van der Waals surface area contributed by atoms with Crippen LogP contribution in [0, 0.1) is 0 Å². The molecule has 0 fully saturated rings. The van der Waals surface area contributed by atoms with Crippen LogP contribution in [0.15, 0.2) is 42.7 Å². The lowest BCUT2D eigenvalue weighted by atomic mass is 10.1. The summed E-state index contributed by atoms with van der Waals surface area (Å²) in [6.07, 6.45) is 3.24. The second-order valence-corrected chi connectivity index (χ2v) is 4.75. The summed E-state index contributed by atoms with van der Waals surface area (Å²) < 4.78 is 10.5. The fourth-order valence-electron chi connectivity index (χ4n) is 2.20. The van der Waals surface area contributed by atoms with E-state index in [1.54, 1.807) is 43.6 Å². The number of carbonyl (C=O) groups excluding carboxylic acids is 1. The van der Waals surface area contributed by atoms with Gasteiger partial charge in [0.05, 0.1) is 19.8 Å². The molecular weight excluding hydrogens is 280 g/mol. The van der Waals surface area contributed by atoms with E-state index >= 15 is 0 Å². The lowest BCUT2D eigenvalue weighted by Gasteiger charge is -2.21. The van der Waals surface area contributed by atoms with Gasteiger partial charge in [0, 0.05) is 25.5 Å². The zero-order valence-electron chi connectivity index (χ0n) is 13.1. The normalized spacial score (nSPS) is 10.1. The van der Waals surface area contributed by atoms with Crippen LogP contribution in [0.1, 0.15) is 22.8 Å². The Labute approximate surface area is 130 Å². The third kappa shape index (κ3) is 3.55. The molecule has 116 valence electrons. The van der Waals surface area contributed by atoms with Crippen LogP contribution in [0.5, 0.6) is 11.5 Å². The van der Waals surface area contributed by atoms with Gasteiger partial charge in [-0.3, -0.25) is 9.78 Å². The fourth-order valence-corrected chi connectivity index (χ4v) is 2.20. The minimum Gasteiger partial charge on any atom is -0.493 e. The molecule has 0 aliphatic heterocycles. The number of rotatable bonds is 6. The predicted molar refractivity (Wildman–Crippen MR) is 84.2 cm³/mol. The molecule has 1 amide bonds. The molecule has 2 aromatic rings. The molecule has 0 atom stereocenters. The van der Waals surface area contributed by atoms with Gasteiger partial charge in [-0.2, -0.15) is 0 Å². The second-order valence-electron chi connectivity index (χ2n) is 4.75. The molecule has 1 aromatic heterocycles. The summed E-state index contributed by atoms with van der Waals surface area (Å²) in [6, 6.07) is 9.19. The molecule has 0 aliphatic carbocycles. The molecule has 22 heavy (non-hydrogen) atoms.